The molecule has 0 fully saturated rings. The second kappa shape index (κ2) is 7.83. The Bertz CT molecular complexity index is 1110. The molecule has 0 unspecified atom stereocenters. The van der Waals surface area contributed by atoms with Crippen LogP contribution in [0.5, 0.6) is 11.5 Å². The van der Waals surface area contributed by atoms with Crippen molar-refractivity contribution in [1.82, 2.24) is 9.55 Å². The highest BCUT2D eigenvalue weighted by Crippen LogP contribution is 2.25. The Morgan fingerprint density at radius 1 is 1.00 bits per heavy atom. The lowest BCUT2D eigenvalue weighted by Gasteiger charge is -2.11. The SMILES string of the molecule is COc1cc(NC(=O)c2c[nH]c(=O)n(-c3ccc(C)cc3)c2=O)cc(OC)c1. The number of ether oxygens (including phenoxy) is 2. The van der Waals surface area contributed by atoms with Crippen molar-refractivity contribution in [3.05, 3.63) is 80.6 Å². The third-order valence-corrected chi connectivity index (χ3v) is 4.12. The number of hydrogen-bond donors (Lipinski definition) is 2. The van der Waals surface area contributed by atoms with Gasteiger partial charge in [-0.15, -0.1) is 0 Å². The highest BCUT2D eigenvalue weighted by atomic mass is 16.5. The number of nitrogens with zero attached hydrogens (tertiary/aromatic N) is 1. The molecule has 3 aromatic rings. The highest BCUT2D eigenvalue weighted by Gasteiger charge is 2.16. The summed E-state index contributed by atoms with van der Waals surface area (Å²) in [6, 6.07) is 11.7. The molecule has 8 heteroatoms. The molecule has 1 aromatic heterocycles. The van der Waals surface area contributed by atoms with Crippen molar-refractivity contribution in [2.24, 2.45) is 0 Å². The zero-order valence-electron chi connectivity index (χ0n) is 15.6. The number of amides is 1. The van der Waals surface area contributed by atoms with E-state index in [9.17, 15) is 14.4 Å². The molecule has 0 aliphatic carbocycles. The number of aromatic nitrogens is 2. The number of hydrogen-bond acceptors (Lipinski definition) is 5. The standard InChI is InChI=1S/C20H19N3O5/c1-12-4-6-14(7-5-12)23-19(25)17(11-21-20(23)26)18(24)22-13-8-15(27-2)10-16(9-13)28-3/h4-11H,1-3H3,(H,21,26)(H,22,24). The van der Waals surface area contributed by atoms with Gasteiger partial charge in [0.15, 0.2) is 0 Å². The molecule has 0 spiro atoms. The fourth-order valence-corrected chi connectivity index (χ4v) is 2.64. The molecular weight excluding hydrogens is 362 g/mol. The zero-order chi connectivity index (χ0) is 20.3. The number of anilines is 1. The van der Waals surface area contributed by atoms with Crippen LogP contribution in [0.2, 0.25) is 0 Å². The smallest absolute Gasteiger partial charge is 0.333 e. The first-order valence-electron chi connectivity index (χ1n) is 8.39. The molecule has 144 valence electrons. The molecule has 28 heavy (non-hydrogen) atoms. The van der Waals surface area contributed by atoms with Gasteiger partial charge in [-0.3, -0.25) is 9.59 Å². The van der Waals surface area contributed by atoms with Crippen LogP contribution in [0.4, 0.5) is 5.69 Å². The largest absolute Gasteiger partial charge is 0.497 e. The van der Waals surface area contributed by atoms with Crippen molar-refractivity contribution in [3.63, 3.8) is 0 Å². The Hall–Kier alpha value is -3.81. The number of carbonyl (C=O) groups excluding carboxylic acids is 1. The van der Waals surface area contributed by atoms with E-state index in [1.807, 2.05) is 6.92 Å². The van der Waals surface area contributed by atoms with E-state index in [1.165, 1.54) is 14.2 Å². The minimum absolute atomic E-state index is 0.207. The van der Waals surface area contributed by atoms with E-state index in [-0.39, 0.29) is 5.56 Å². The monoisotopic (exact) mass is 381 g/mol. The second-order valence-corrected chi connectivity index (χ2v) is 6.04. The van der Waals surface area contributed by atoms with Crippen molar-refractivity contribution in [2.45, 2.75) is 6.92 Å². The number of aryl methyl sites for hydroxylation is 1. The summed E-state index contributed by atoms with van der Waals surface area (Å²) >= 11 is 0. The van der Waals surface area contributed by atoms with Crippen LogP contribution >= 0.6 is 0 Å². The third kappa shape index (κ3) is 3.80. The van der Waals surface area contributed by atoms with Crippen LogP contribution in [-0.2, 0) is 0 Å². The number of H-pyrrole nitrogens is 1. The fourth-order valence-electron chi connectivity index (χ4n) is 2.64. The molecule has 0 atom stereocenters. The van der Waals surface area contributed by atoms with E-state index in [0.29, 0.717) is 22.9 Å². The topological polar surface area (TPSA) is 102 Å². The van der Waals surface area contributed by atoms with Crippen molar-refractivity contribution < 1.29 is 14.3 Å². The maximum Gasteiger partial charge on any atom is 0.333 e. The maximum absolute atomic E-state index is 12.8. The number of aromatic amines is 1. The lowest BCUT2D eigenvalue weighted by atomic mass is 10.2. The van der Waals surface area contributed by atoms with Gasteiger partial charge in [-0.2, -0.15) is 0 Å². The molecule has 0 aliphatic heterocycles. The lowest BCUT2D eigenvalue weighted by molar-refractivity contribution is 0.102. The first kappa shape index (κ1) is 19.0. The first-order chi connectivity index (χ1) is 13.4. The van der Waals surface area contributed by atoms with Crippen LogP contribution in [0.15, 0.2) is 58.3 Å². The summed E-state index contributed by atoms with van der Waals surface area (Å²) in [6.07, 6.45) is 1.10. The van der Waals surface area contributed by atoms with E-state index >= 15 is 0 Å². The van der Waals surface area contributed by atoms with Crippen LogP contribution < -0.4 is 26.0 Å². The lowest BCUT2D eigenvalue weighted by Crippen LogP contribution is -2.38. The summed E-state index contributed by atoms with van der Waals surface area (Å²) in [5.74, 6) is 0.291. The summed E-state index contributed by atoms with van der Waals surface area (Å²) in [5.41, 5.74) is 0.174. The highest BCUT2D eigenvalue weighted by molar-refractivity contribution is 6.04. The van der Waals surface area contributed by atoms with Gasteiger partial charge >= 0.3 is 5.69 Å². The van der Waals surface area contributed by atoms with E-state index in [4.69, 9.17) is 9.47 Å². The second-order valence-electron chi connectivity index (χ2n) is 6.04. The summed E-state index contributed by atoms with van der Waals surface area (Å²) in [5, 5.41) is 2.62. The summed E-state index contributed by atoms with van der Waals surface area (Å²) < 4.78 is 11.2. The van der Waals surface area contributed by atoms with E-state index in [2.05, 4.69) is 10.3 Å². The van der Waals surface area contributed by atoms with Gasteiger partial charge < -0.3 is 19.8 Å². The summed E-state index contributed by atoms with van der Waals surface area (Å²) in [4.78, 5) is 40.0. The number of rotatable bonds is 5. The van der Waals surface area contributed by atoms with E-state index in [1.54, 1.807) is 42.5 Å². The molecular formula is C20H19N3O5. The number of carbonyl (C=O) groups is 1. The number of benzene rings is 2. The van der Waals surface area contributed by atoms with Gasteiger partial charge in [0.25, 0.3) is 11.5 Å². The fraction of sp³-hybridized carbons (Fsp3) is 0.150. The van der Waals surface area contributed by atoms with E-state index < -0.39 is 17.2 Å². The average Bonchev–Trinajstić information content (AvgIpc) is 2.69. The minimum atomic E-state index is -0.722. The molecule has 0 aliphatic rings. The quantitative estimate of drug-likeness (QED) is 0.705. The van der Waals surface area contributed by atoms with Crippen LogP contribution in [0.25, 0.3) is 5.69 Å². The van der Waals surface area contributed by atoms with Gasteiger partial charge in [0.1, 0.15) is 17.1 Å². The Morgan fingerprint density at radius 2 is 1.61 bits per heavy atom. The molecule has 2 aromatic carbocycles. The molecule has 2 N–H and O–H groups in total. The normalized spacial score (nSPS) is 10.4. The predicted octanol–water partition coefficient (Wildman–Crippen LogP) is 2.10. The maximum atomic E-state index is 12.8. The van der Waals surface area contributed by atoms with Gasteiger partial charge in [-0.25, -0.2) is 9.36 Å². The molecule has 8 nitrogen and oxygen atoms in total. The van der Waals surface area contributed by atoms with Crippen LogP contribution in [0, 0.1) is 6.92 Å². The summed E-state index contributed by atoms with van der Waals surface area (Å²) in [6.45, 7) is 1.89. The molecule has 1 heterocycles. The Balaban J connectivity index is 1.99. The van der Waals surface area contributed by atoms with Crippen LogP contribution in [0.3, 0.4) is 0 Å². The molecule has 0 saturated carbocycles. The Labute approximate surface area is 160 Å². The van der Waals surface area contributed by atoms with Gasteiger partial charge in [-0.1, -0.05) is 17.7 Å². The Morgan fingerprint density at radius 3 is 2.18 bits per heavy atom. The molecule has 0 saturated heterocycles. The van der Waals surface area contributed by atoms with Crippen molar-refractivity contribution in [1.29, 1.82) is 0 Å². The minimum Gasteiger partial charge on any atom is -0.497 e. The number of nitrogens with one attached hydrogen (secondary N) is 2. The molecule has 3 rings (SSSR count). The van der Waals surface area contributed by atoms with Gasteiger partial charge in [0.2, 0.25) is 0 Å². The van der Waals surface area contributed by atoms with Gasteiger partial charge in [-0.05, 0) is 19.1 Å². The first-order valence-corrected chi connectivity index (χ1v) is 8.39. The Kier molecular flexibility index (Phi) is 5.30. The summed E-state index contributed by atoms with van der Waals surface area (Å²) in [7, 11) is 2.98. The average molecular weight is 381 g/mol. The zero-order valence-corrected chi connectivity index (χ0v) is 15.6. The molecule has 0 bridgehead atoms. The van der Waals surface area contributed by atoms with Gasteiger partial charge in [0, 0.05) is 30.1 Å². The molecule has 1 amide bonds. The van der Waals surface area contributed by atoms with Crippen LogP contribution in [0.1, 0.15) is 15.9 Å². The molecule has 0 radical (unpaired) electrons. The van der Waals surface area contributed by atoms with Gasteiger partial charge in [0.05, 0.1) is 19.9 Å². The predicted molar refractivity (Wildman–Crippen MR) is 105 cm³/mol. The van der Waals surface area contributed by atoms with Crippen molar-refractivity contribution in [2.75, 3.05) is 19.5 Å². The van der Waals surface area contributed by atoms with E-state index in [0.717, 1.165) is 16.3 Å². The van der Waals surface area contributed by atoms with Crippen molar-refractivity contribution in [3.8, 4) is 17.2 Å². The van der Waals surface area contributed by atoms with Crippen LogP contribution in [-0.4, -0.2) is 29.7 Å². The third-order valence-electron chi connectivity index (χ3n) is 4.12. The van der Waals surface area contributed by atoms with Crippen molar-refractivity contribution >= 4 is 11.6 Å². The number of methoxy groups -OCH3 is 2.